The first kappa shape index (κ1) is 17.7. The molecule has 0 atom stereocenters. The summed E-state index contributed by atoms with van der Waals surface area (Å²) in [5.41, 5.74) is 1.18. The molecule has 0 spiro atoms. The molecule has 0 bridgehead atoms. The Bertz CT molecular complexity index is 602. The number of piperidine rings is 1. The summed E-state index contributed by atoms with van der Waals surface area (Å²) in [5.74, 6) is -0.129. The van der Waals surface area contributed by atoms with Gasteiger partial charge in [0.1, 0.15) is 0 Å². The molecule has 126 valence electrons. The number of carbonyl (C=O) groups excluding carboxylic acids is 2. The zero-order chi connectivity index (χ0) is 17.4. The van der Waals surface area contributed by atoms with Crippen LogP contribution >= 0.6 is 0 Å². The van der Waals surface area contributed by atoms with Gasteiger partial charge in [0.2, 0.25) is 0 Å². The van der Waals surface area contributed by atoms with Crippen LogP contribution in [-0.2, 0) is 0 Å². The van der Waals surface area contributed by atoms with E-state index < -0.39 is 0 Å². The average Bonchev–Trinajstić information content (AvgIpc) is 2.44. The van der Waals surface area contributed by atoms with E-state index in [-0.39, 0.29) is 28.8 Å². The molecular weight excluding hydrogens is 288 g/mol. The number of rotatable bonds is 3. The predicted molar refractivity (Wildman–Crippen MR) is 92.9 cm³/mol. The summed E-state index contributed by atoms with van der Waals surface area (Å²) in [6.45, 7) is 10.4. The summed E-state index contributed by atoms with van der Waals surface area (Å²) in [4.78, 5) is 26.4. The summed E-state index contributed by atoms with van der Waals surface area (Å²) in [6, 6.07) is 7.05. The molecule has 1 N–H and O–H groups in total. The highest BCUT2D eigenvalue weighted by atomic mass is 16.1. The quantitative estimate of drug-likeness (QED) is 0.871. The van der Waals surface area contributed by atoms with Crippen molar-refractivity contribution < 1.29 is 9.59 Å². The Morgan fingerprint density at radius 2 is 1.61 bits per heavy atom. The van der Waals surface area contributed by atoms with Gasteiger partial charge in [-0.1, -0.05) is 12.1 Å². The van der Waals surface area contributed by atoms with Crippen molar-refractivity contribution in [2.75, 3.05) is 7.05 Å². The van der Waals surface area contributed by atoms with E-state index in [1.807, 2.05) is 0 Å². The van der Waals surface area contributed by atoms with Gasteiger partial charge in [-0.25, -0.2) is 0 Å². The number of likely N-dealkylation sites (tertiary alicyclic amines) is 1. The van der Waals surface area contributed by atoms with E-state index >= 15 is 0 Å². The highest BCUT2D eigenvalue weighted by Gasteiger charge is 2.43. The van der Waals surface area contributed by atoms with Gasteiger partial charge in [0.05, 0.1) is 0 Å². The second-order valence-electron chi connectivity index (χ2n) is 7.90. The number of nitrogens with zero attached hydrogens (tertiary/aromatic N) is 1. The molecular formula is C19H28N2O2. The van der Waals surface area contributed by atoms with Crippen LogP contribution in [0.2, 0.25) is 0 Å². The minimum Gasteiger partial charge on any atom is -0.349 e. The summed E-state index contributed by atoms with van der Waals surface area (Å²) in [7, 11) is 2.15. The van der Waals surface area contributed by atoms with Crippen molar-refractivity contribution in [2.45, 2.75) is 64.6 Å². The van der Waals surface area contributed by atoms with Gasteiger partial charge in [0.25, 0.3) is 5.91 Å². The van der Waals surface area contributed by atoms with Crippen molar-refractivity contribution in [3.8, 4) is 0 Å². The van der Waals surface area contributed by atoms with Crippen LogP contribution in [0, 0.1) is 0 Å². The minimum atomic E-state index is -0.103. The highest BCUT2D eigenvalue weighted by Crippen LogP contribution is 2.36. The minimum absolute atomic E-state index is 0.0267. The van der Waals surface area contributed by atoms with Crippen molar-refractivity contribution in [1.82, 2.24) is 10.2 Å². The largest absolute Gasteiger partial charge is 0.349 e. The lowest BCUT2D eigenvalue weighted by atomic mass is 9.77. The number of nitrogens with one attached hydrogen (secondary N) is 1. The molecule has 1 heterocycles. The molecule has 4 heteroatoms. The van der Waals surface area contributed by atoms with Crippen LogP contribution in [-0.4, -0.2) is 40.8 Å². The van der Waals surface area contributed by atoms with Crippen LogP contribution in [0.15, 0.2) is 24.3 Å². The molecule has 1 aliphatic heterocycles. The number of ketones is 1. The third kappa shape index (κ3) is 3.81. The molecule has 0 radical (unpaired) electrons. The van der Waals surface area contributed by atoms with Gasteiger partial charge in [-0.15, -0.1) is 0 Å². The molecule has 2 rings (SSSR count). The Kier molecular flexibility index (Phi) is 4.67. The molecule has 0 aromatic heterocycles. The van der Waals surface area contributed by atoms with E-state index in [0.717, 1.165) is 12.8 Å². The van der Waals surface area contributed by atoms with Crippen molar-refractivity contribution >= 4 is 11.7 Å². The Morgan fingerprint density at radius 3 is 2.13 bits per heavy atom. The standard InChI is InChI=1S/C19H28N2O2/c1-13(22)14-8-7-9-15(10-14)17(23)20-16-11-18(2,3)21(6)19(4,5)12-16/h7-10,16H,11-12H2,1-6H3,(H,20,23). The molecule has 1 saturated heterocycles. The summed E-state index contributed by atoms with van der Waals surface area (Å²) in [6.07, 6.45) is 1.82. The number of Topliss-reactive ketones (excluding diaryl/α,β-unsaturated/α-hetero) is 1. The van der Waals surface area contributed by atoms with E-state index in [1.54, 1.807) is 24.3 Å². The molecule has 0 saturated carbocycles. The molecule has 1 amide bonds. The molecule has 23 heavy (non-hydrogen) atoms. The van der Waals surface area contributed by atoms with Crippen LogP contribution in [0.25, 0.3) is 0 Å². The number of hydrogen-bond acceptors (Lipinski definition) is 3. The second kappa shape index (κ2) is 6.08. The summed E-state index contributed by atoms with van der Waals surface area (Å²) in [5, 5.41) is 3.16. The average molecular weight is 316 g/mol. The monoisotopic (exact) mass is 316 g/mol. The Hall–Kier alpha value is -1.68. The fourth-order valence-electron chi connectivity index (χ4n) is 3.62. The van der Waals surface area contributed by atoms with Gasteiger partial charge in [-0.3, -0.25) is 14.5 Å². The smallest absolute Gasteiger partial charge is 0.251 e. The molecule has 1 aromatic carbocycles. The van der Waals surface area contributed by atoms with Crippen LogP contribution < -0.4 is 5.32 Å². The maximum Gasteiger partial charge on any atom is 0.251 e. The number of carbonyl (C=O) groups is 2. The van der Waals surface area contributed by atoms with Gasteiger partial charge >= 0.3 is 0 Å². The third-order valence-electron chi connectivity index (χ3n) is 5.17. The van der Waals surface area contributed by atoms with Gasteiger partial charge in [0.15, 0.2) is 5.78 Å². The first-order valence-corrected chi connectivity index (χ1v) is 8.19. The second-order valence-corrected chi connectivity index (χ2v) is 7.90. The molecule has 1 fully saturated rings. The van der Waals surface area contributed by atoms with Crippen molar-refractivity contribution in [3.05, 3.63) is 35.4 Å². The van der Waals surface area contributed by atoms with Gasteiger partial charge < -0.3 is 5.32 Å². The van der Waals surface area contributed by atoms with E-state index in [1.165, 1.54) is 6.92 Å². The summed E-state index contributed by atoms with van der Waals surface area (Å²) >= 11 is 0. The van der Waals surface area contributed by atoms with Crippen LogP contribution in [0.1, 0.15) is 68.2 Å². The lowest BCUT2D eigenvalue weighted by Gasteiger charge is -2.53. The van der Waals surface area contributed by atoms with Crippen molar-refractivity contribution in [1.29, 1.82) is 0 Å². The lowest BCUT2D eigenvalue weighted by Crippen LogP contribution is -2.62. The van der Waals surface area contributed by atoms with E-state index in [0.29, 0.717) is 11.1 Å². The van der Waals surface area contributed by atoms with Crippen LogP contribution in [0.4, 0.5) is 0 Å². The first-order chi connectivity index (χ1) is 10.5. The van der Waals surface area contributed by atoms with E-state index in [9.17, 15) is 9.59 Å². The molecule has 1 aliphatic rings. The molecule has 1 aromatic rings. The van der Waals surface area contributed by atoms with E-state index in [2.05, 4.69) is 45.0 Å². The maximum atomic E-state index is 12.6. The maximum absolute atomic E-state index is 12.6. The first-order valence-electron chi connectivity index (χ1n) is 8.19. The van der Waals surface area contributed by atoms with Crippen LogP contribution in [0.3, 0.4) is 0 Å². The zero-order valence-corrected chi connectivity index (χ0v) is 15.1. The van der Waals surface area contributed by atoms with Gasteiger partial charge in [-0.05, 0) is 66.6 Å². The fourth-order valence-corrected chi connectivity index (χ4v) is 3.62. The Labute approximate surface area is 139 Å². The zero-order valence-electron chi connectivity index (χ0n) is 15.1. The highest BCUT2D eigenvalue weighted by molar-refractivity contribution is 5.99. The van der Waals surface area contributed by atoms with Crippen molar-refractivity contribution in [2.24, 2.45) is 0 Å². The van der Waals surface area contributed by atoms with E-state index in [4.69, 9.17) is 0 Å². The molecule has 0 unspecified atom stereocenters. The predicted octanol–water partition coefficient (Wildman–Crippen LogP) is 3.27. The molecule has 0 aliphatic carbocycles. The van der Waals surface area contributed by atoms with Crippen LogP contribution in [0.5, 0.6) is 0 Å². The van der Waals surface area contributed by atoms with Gasteiger partial charge in [-0.2, -0.15) is 0 Å². The normalized spacial score (nSPS) is 21.0. The lowest BCUT2D eigenvalue weighted by molar-refractivity contribution is -0.0169. The number of benzene rings is 1. The number of hydrogen-bond donors (Lipinski definition) is 1. The fraction of sp³-hybridized carbons (Fsp3) is 0.579. The van der Waals surface area contributed by atoms with Gasteiger partial charge in [0, 0.05) is 28.2 Å². The topological polar surface area (TPSA) is 49.4 Å². The number of amides is 1. The molecule has 4 nitrogen and oxygen atoms in total. The Balaban J connectivity index is 2.14. The SMILES string of the molecule is CC(=O)c1cccc(C(=O)NC2CC(C)(C)N(C)C(C)(C)C2)c1. The third-order valence-corrected chi connectivity index (χ3v) is 5.17. The Morgan fingerprint density at radius 1 is 1.09 bits per heavy atom. The van der Waals surface area contributed by atoms with Crippen molar-refractivity contribution in [3.63, 3.8) is 0 Å². The summed E-state index contributed by atoms with van der Waals surface area (Å²) < 4.78 is 0.